The third-order valence-electron chi connectivity index (χ3n) is 9.49. The van der Waals surface area contributed by atoms with E-state index in [0.717, 1.165) is 65.3 Å². The van der Waals surface area contributed by atoms with E-state index < -0.39 is 0 Å². The van der Waals surface area contributed by atoms with Gasteiger partial charge in [0, 0.05) is 23.7 Å². The first-order valence-corrected chi connectivity index (χ1v) is 15.8. The van der Waals surface area contributed by atoms with E-state index in [9.17, 15) is 4.79 Å². The molecule has 43 heavy (non-hydrogen) atoms. The van der Waals surface area contributed by atoms with Crippen molar-refractivity contribution in [3.05, 3.63) is 93.9 Å². The van der Waals surface area contributed by atoms with Gasteiger partial charge in [0.15, 0.2) is 11.6 Å². The van der Waals surface area contributed by atoms with Gasteiger partial charge in [0.1, 0.15) is 5.75 Å². The van der Waals surface area contributed by atoms with Crippen molar-refractivity contribution in [2.45, 2.75) is 85.2 Å². The fourth-order valence-corrected chi connectivity index (χ4v) is 7.06. The lowest BCUT2D eigenvalue weighted by Crippen LogP contribution is -2.42. The largest absolute Gasteiger partial charge is 0.496 e. The van der Waals surface area contributed by atoms with Crippen molar-refractivity contribution in [2.75, 3.05) is 13.7 Å². The minimum absolute atomic E-state index is 0.209. The molecule has 2 aromatic carbocycles. The number of ether oxygens (including phenoxy) is 1. The summed E-state index contributed by atoms with van der Waals surface area (Å²) in [6, 6.07) is 10.8. The molecule has 1 aromatic heterocycles. The summed E-state index contributed by atoms with van der Waals surface area (Å²) in [5.41, 5.74) is 9.36. The summed E-state index contributed by atoms with van der Waals surface area (Å²) >= 11 is 0. The summed E-state index contributed by atoms with van der Waals surface area (Å²) < 4.78 is 7.54. The van der Waals surface area contributed by atoms with Crippen LogP contribution in [0, 0.1) is 33.6 Å². The van der Waals surface area contributed by atoms with Crippen LogP contribution in [-0.2, 0) is 17.8 Å². The van der Waals surface area contributed by atoms with Crippen LogP contribution in [0.1, 0.15) is 72.2 Å². The lowest BCUT2D eigenvalue weighted by Gasteiger charge is -2.30. The number of carbonyl (C=O) groups excluding carboxylic acids is 1. The van der Waals surface area contributed by atoms with Crippen LogP contribution in [0.5, 0.6) is 5.75 Å². The van der Waals surface area contributed by atoms with Gasteiger partial charge in [0.05, 0.1) is 20.1 Å². The molecular weight excluding hydrogens is 532 g/mol. The first kappa shape index (κ1) is 29.2. The third kappa shape index (κ3) is 6.24. The molecule has 1 amide bonds. The zero-order chi connectivity index (χ0) is 30.1. The lowest BCUT2D eigenvalue weighted by atomic mass is 9.78. The van der Waals surface area contributed by atoms with E-state index in [0.29, 0.717) is 25.4 Å². The van der Waals surface area contributed by atoms with E-state index in [-0.39, 0.29) is 11.9 Å². The fourth-order valence-electron chi connectivity index (χ4n) is 7.06. The average Bonchev–Trinajstić information content (AvgIpc) is 3.60. The van der Waals surface area contributed by atoms with E-state index in [1.807, 2.05) is 10.7 Å². The standard InChI is InChI=1S/C37H44N4O2/c1-24-18-25(2)33(26(3)19-24)23-35(42)40(32-8-6-7-9-32)16-17-41-37(31-14-15-34(43-5)27(4)20-31)38-36(39-41)30-12-10-28-21-29(22-28)11-13-30/h10-15,18-20,28,32H,6-9,16-17,21-23H2,1-5H3. The SMILES string of the molecule is COc1ccc(-c2nc(C3=CC=C4CC(C=C3)C4)nn2CCN(C(=O)Cc2c(C)cc(C)cc2C)C2CCCC2)cc1C. The number of fused-ring (bicyclic) bond motifs is 2. The summed E-state index contributed by atoms with van der Waals surface area (Å²) in [5.74, 6) is 3.22. The highest BCUT2D eigenvalue weighted by Gasteiger charge is 2.28. The normalized spacial score (nSPS) is 18.0. The molecule has 0 spiro atoms. The minimum Gasteiger partial charge on any atom is -0.496 e. The molecule has 3 aromatic rings. The third-order valence-corrected chi connectivity index (χ3v) is 9.49. The Morgan fingerprint density at radius 2 is 1.74 bits per heavy atom. The maximum atomic E-state index is 14.0. The predicted octanol–water partition coefficient (Wildman–Crippen LogP) is 7.49. The molecular formula is C37H44N4O2. The van der Waals surface area contributed by atoms with Gasteiger partial charge in [-0.25, -0.2) is 9.67 Å². The van der Waals surface area contributed by atoms with Gasteiger partial charge in [-0.05, 0) is 99.7 Å². The van der Waals surface area contributed by atoms with Crippen LogP contribution in [0.25, 0.3) is 17.0 Å². The summed E-state index contributed by atoms with van der Waals surface area (Å²) in [7, 11) is 1.70. The summed E-state index contributed by atoms with van der Waals surface area (Å²) in [5, 5.41) is 5.06. The van der Waals surface area contributed by atoms with Crippen LogP contribution in [0.3, 0.4) is 0 Å². The van der Waals surface area contributed by atoms with Gasteiger partial charge < -0.3 is 9.64 Å². The van der Waals surface area contributed by atoms with Gasteiger partial charge in [-0.15, -0.1) is 0 Å². The number of rotatable bonds is 9. The maximum absolute atomic E-state index is 14.0. The number of hydrogen-bond donors (Lipinski definition) is 0. The second-order valence-electron chi connectivity index (χ2n) is 12.7. The highest BCUT2D eigenvalue weighted by molar-refractivity contribution is 5.80. The summed E-state index contributed by atoms with van der Waals surface area (Å²) in [4.78, 5) is 21.2. The molecule has 0 N–H and O–H groups in total. The van der Waals surface area contributed by atoms with E-state index in [4.69, 9.17) is 14.8 Å². The molecule has 0 unspecified atom stereocenters. The van der Waals surface area contributed by atoms with Crippen LogP contribution < -0.4 is 4.74 Å². The number of aromatic nitrogens is 3. The Morgan fingerprint density at radius 3 is 2.44 bits per heavy atom. The molecule has 2 fully saturated rings. The smallest absolute Gasteiger partial charge is 0.227 e. The van der Waals surface area contributed by atoms with Crippen molar-refractivity contribution in [3.63, 3.8) is 0 Å². The molecule has 7 rings (SSSR count). The minimum atomic E-state index is 0.209. The van der Waals surface area contributed by atoms with E-state index >= 15 is 0 Å². The van der Waals surface area contributed by atoms with Gasteiger partial charge >= 0.3 is 0 Å². The Labute approximate surface area is 256 Å². The molecule has 1 heterocycles. The van der Waals surface area contributed by atoms with Crippen LogP contribution >= 0.6 is 0 Å². The van der Waals surface area contributed by atoms with Gasteiger partial charge in [-0.3, -0.25) is 4.79 Å². The van der Waals surface area contributed by atoms with E-state index in [1.54, 1.807) is 7.11 Å². The molecule has 6 heteroatoms. The number of methoxy groups -OCH3 is 1. The zero-order valence-corrected chi connectivity index (χ0v) is 26.3. The fraction of sp³-hybridized carbons (Fsp3) is 0.432. The monoisotopic (exact) mass is 576 g/mol. The Bertz CT molecular complexity index is 1590. The number of allylic oxidation sites excluding steroid dienone is 6. The molecule has 0 atom stereocenters. The molecule has 6 nitrogen and oxygen atoms in total. The average molecular weight is 577 g/mol. The molecule has 224 valence electrons. The first-order chi connectivity index (χ1) is 20.8. The molecule has 0 radical (unpaired) electrons. The van der Waals surface area contributed by atoms with Crippen LogP contribution in [0.15, 0.2) is 60.2 Å². The van der Waals surface area contributed by atoms with Crippen molar-refractivity contribution in [1.29, 1.82) is 0 Å². The van der Waals surface area contributed by atoms with Gasteiger partial charge in [-0.2, -0.15) is 5.10 Å². The van der Waals surface area contributed by atoms with E-state index in [1.165, 1.54) is 35.1 Å². The van der Waals surface area contributed by atoms with Gasteiger partial charge in [0.25, 0.3) is 0 Å². The second-order valence-corrected chi connectivity index (χ2v) is 12.7. The Hall–Kier alpha value is -3.93. The number of carbonyl (C=O) groups is 1. The Morgan fingerprint density at radius 1 is 1.00 bits per heavy atom. The molecule has 2 saturated carbocycles. The molecule has 4 aliphatic carbocycles. The van der Waals surface area contributed by atoms with Crippen molar-refractivity contribution >= 4 is 11.5 Å². The van der Waals surface area contributed by atoms with Gasteiger partial charge in [0.2, 0.25) is 5.91 Å². The second kappa shape index (κ2) is 12.4. The van der Waals surface area contributed by atoms with E-state index in [2.05, 4.69) is 81.2 Å². The molecule has 0 saturated heterocycles. The van der Waals surface area contributed by atoms with Gasteiger partial charge in [-0.1, -0.05) is 60.4 Å². The van der Waals surface area contributed by atoms with Crippen molar-refractivity contribution in [2.24, 2.45) is 5.92 Å². The zero-order valence-electron chi connectivity index (χ0n) is 26.3. The number of aryl methyl sites for hydroxylation is 4. The maximum Gasteiger partial charge on any atom is 0.227 e. The Kier molecular flexibility index (Phi) is 8.38. The highest BCUT2D eigenvalue weighted by Crippen LogP contribution is 2.37. The summed E-state index contributed by atoms with van der Waals surface area (Å²) in [6.07, 6.45) is 16.1. The number of amides is 1. The first-order valence-electron chi connectivity index (χ1n) is 15.8. The predicted molar refractivity (Wildman–Crippen MR) is 173 cm³/mol. The molecule has 2 bridgehead atoms. The van der Waals surface area contributed by atoms with Crippen molar-refractivity contribution in [3.8, 4) is 17.1 Å². The van der Waals surface area contributed by atoms with Crippen LogP contribution in [0.4, 0.5) is 0 Å². The highest BCUT2D eigenvalue weighted by atomic mass is 16.5. The Balaban J connectivity index is 1.31. The molecule has 4 aliphatic rings. The van der Waals surface area contributed by atoms with Crippen LogP contribution in [-0.4, -0.2) is 45.3 Å². The quantitative estimate of drug-likeness (QED) is 0.265. The number of hydrogen-bond acceptors (Lipinski definition) is 4. The van der Waals surface area contributed by atoms with Crippen molar-refractivity contribution in [1.82, 2.24) is 19.7 Å². The number of nitrogens with zero attached hydrogens (tertiary/aromatic N) is 4. The van der Waals surface area contributed by atoms with Crippen molar-refractivity contribution < 1.29 is 9.53 Å². The molecule has 0 aliphatic heterocycles. The van der Waals surface area contributed by atoms with Crippen LogP contribution in [0.2, 0.25) is 0 Å². The number of benzene rings is 2. The lowest BCUT2D eigenvalue weighted by molar-refractivity contribution is -0.132. The topological polar surface area (TPSA) is 60.3 Å². The summed E-state index contributed by atoms with van der Waals surface area (Å²) in [6.45, 7) is 9.62.